The van der Waals surface area contributed by atoms with E-state index in [2.05, 4.69) is 10.5 Å². The lowest BCUT2D eigenvalue weighted by Crippen LogP contribution is -2.16. The molecule has 1 aromatic heterocycles. The van der Waals surface area contributed by atoms with Gasteiger partial charge in [0.05, 0.1) is 6.10 Å². The van der Waals surface area contributed by atoms with E-state index >= 15 is 0 Å². The normalized spacial score (nSPS) is 17.4. The second-order valence-electron chi connectivity index (χ2n) is 5.25. The van der Waals surface area contributed by atoms with Crippen LogP contribution in [-0.4, -0.2) is 30.4 Å². The Morgan fingerprint density at radius 2 is 2.23 bits per heavy atom. The smallest absolute Gasteiger partial charge is 0.256 e. The Hall–Kier alpha value is -2.34. The molecule has 6 heteroatoms. The number of amides is 1. The first-order valence-electron chi connectivity index (χ1n) is 7.30. The number of carbonyl (C=O) groups excluding carboxylic acids is 1. The number of carbonyl (C=O) groups is 1. The number of anilines is 1. The average molecular weight is 302 g/mol. The number of aryl methyl sites for hydroxylation is 1. The van der Waals surface area contributed by atoms with Crippen molar-refractivity contribution in [2.24, 2.45) is 0 Å². The average Bonchev–Trinajstić information content (AvgIpc) is 3.17. The van der Waals surface area contributed by atoms with Crippen LogP contribution in [0.5, 0.6) is 5.75 Å². The van der Waals surface area contributed by atoms with Gasteiger partial charge in [-0.25, -0.2) is 0 Å². The van der Waals surface area contributed by atoms with Gasteiger partial charge >= 0.3 is 0 Å². The fraction of sp³-hybridized carbons (Fsp3) is 0.375. The minimum Gasteiger partial charge on any atom is -0.491 e. The maximum atomic E-state index is 12.0. The molecule has 1 aliphatic heterocycles. The third-order valence-corrected chi connectivity index (χ3v) is 3.45. The summed E-state index contributed by atoms with van der Waals surface area (Å²) in [5.41, 5.74) is 0.533. The van der Waals surface area contributed by atoms with Crippen LogP contribution >= 0.6 is 0 Å². The molecule has 1 saturated heterocycles. The zero-order valence-corrected chi connectivity index (χ0v) is 12.4. The Morgan fingerprint density at radius 3 is 2.86 bits per heavy atom. The lowest BCUT2D eigenvalue weighted by atomic mass is 10.2. The van der Waals surface area contributed by atoms with E-state index in [9.17, 15) is 4.79 Å². The number of rotatable bonds is 5. The van der Waals surface area contributed by atoms with E-state index < -0.39 is 0 Å². The first-order valence-corrected chi connectivity index (χ1v) is 7.30. The molecule has 0 aliphatic carbocycles. The predicted octanol–water partition coefficient (Wildman–Crippen LogP) is 2.79. The van der Waals surface area contributed by atoms with Crippen LogP contribution in [0.3, 0.4) is 0 Å². The van der Waals surface area contributed by atoms with Gasteiger partial charge in [-0.05, 0) is 44.0 Å². The molecule has 6 nitrogen and oxygen atoms in total. The Bertz CT molecular complexity index is 630. The standard InChI is InChI=1S/C16H18N2O4/c1-11-9-15(18-22-11)17-16(19)12-4-6-13(7-5-12)21-10-14-3-2-8-20-14/h4-7,9,14H,2-3,8,10H2,1H3,(H,17,18,19). The minimum absolute atomic E-state index is 0.179. The van der Waals surface area contributed by atoms with Crippen LogP contribution in [0.15, 0.2) is 34.9 Å². The number of nitrogens with one attached hydrogen (secondary N) is 1. The van der Waals surface area contributed by atoms with Gasteiger partial charge in [-0.2, -0.15) is 0 Å². The first kappa shape index (κ1) is 14.6. The molecule has 0 spiro atoms. The van der Waals surface area contributed by atoms with E-state index in [1.54, 1.807) is 37.3 Å². The Kier molecular flexibility index (Phi) is 4.39. The minimum atomic E-state index is -0.237. The summed E-state index contributed by atoms with van der Waals surface area (Å²) in [6.07, 6.45) is 2.31. The second kappa shape index (κ2) is 6.62. The SMILES string of the molecule is Cc1cc(NC(=O)c2ccc(OCC3CCCO3)cc2)no1. The van der Waals surface area contributed by atoms with Gasteiger partial charge in [0.15, 0.2) is 5.82 Å². The van der Waals surface area contributed by atoms with E-state index in [0.717, 1.165) is 25.2 Å². The molecule has 0 saturated carbocycles. The highest BCUT2D eigenvalue weighted by molar-refractivity contribution is 6.03. The summed E-state index contributed by atoms with van der Waals surface area (Å²) in [5.74, 6) is 1.54. The molecular formula is C16H18N2O4. The van der Waals surface area contributed by atoms with Crippen molar-refractivity contribution < 1.29 is 18.8 Å². The van der Waals surface area contributed by atoms with Crippen molar-refractivity contribution in [2.75, 3.05) is 18.5 Å². The van der Waals surface area contributed by atoms with Crippen molar-refractivity contribution >= 4 is 11.7 Å². The number of ether oxygens (including phenoxy) is 2. The van der Waals surface area contributed by atoms with Crippen LogP contribution in [0.2, 0.25) is 0 Å². The van der Waals surface area contributed by atoms with Crippen molar-refractivity contribution in [1.29, 1.82) is 0 Å². The Morgan fingerprint density at radius 1 is 1.41 bits per heavy atom. The molecule has 0 radical (unpaired) electrons. The molecule has 0 bridgehead atoms. The number of aromatic nitrogens is 1. The molecule has 2 heterocycles. The van der Waals surface area contributed by atoms with E-state index in [-0.39, 0.29) is 12.0 Å². The fourth-order valence-corrected chi connectivity index (χ4v) is 2.28. The van der Waals surface area contributed by atoms with Gasteiger partial charge in [-0.1, -0.05) is 5.16 Å². The van der Waals surface area contributed by atoms with Crippen LogP contribution in [0, 0.1) is 6.92 Å². The number of nitrogens with zero attached hydrogens (tertiary/aromatic N) is 1. The topological polar surface area (TPSA) is 73.6 Å². The number of hydrogen-bond donors (Lipinski definition) is 1. The number of benzene rings is 1. The van der Waals surface area contributed by atoms with Gasteiger partial charge < -0.3 is 19.3 Å². The summed E-state index contributed by atoms with van der Waals surface area (Å²) in [5, 5.41) is 6.40. The van der Waals surface area contributed by atoms with E-state index in [4.69, 9.17) is 14.0 Å². The highest BCUT2D eigenvalue weighted by atomic mass is 16.5. The van der Waals surface area contributed by atoms with Gasteiger partial charge in [-0.3, -0.25) is 4.79 Å². The van der Waals surface area contributed by atoms with Gasteiger partial charge in [0.2, 0.25) is 0 Å². The van der Waals surface area contributed by atoms with Gasteiger partial charge in [-0.15, -0.1) is 0 Å². The van der Waals surface area contributed by atoms with E-state index in [1.165, 1.54) is 0 Å². The lowest BCUT2D eigenvalue weighted by Gasteiger charge is -2.11. The van der Waals surface area contributed by atoms with Crippen molar-refractivity contribution in [3.8, 4) is 5.75 Å². The summed E-state index contributed by atoms with van der Waals surface area (Å²) < 4.78 is 16.1. The maximum Gasteiger partial charge on any atom is 0.256 e. The van der Waals surface area contributed by atoms with Crippen molar-refractivity contribution in [3.63, 3.8) is 0 Å². The van der Waals surface area contributed by atoms with Crippen molar-refractivity contribution in [1.82, 2.24) is 5.16 Å². The van der Waals surface area contributed by atoms with Gasteiger partial charge in [0.1, 0.15) is 18.1 Å². The van der Waals surface area contributed by atoms with Crippen LogP contribution in [0.4, 0.5) is 5.82 Å². The molecule has 22 heavy (non-hydrogen) atoms. The summed E-state index contributed by atoms with van der Waals surface area (Å²) >= 11 is 0. The van der Waals surface area contributed by atoms with Crippen molar-refractivity contribution in [3.05, 3.63) is 41.7 Å². The van der Waals surface area contributed by atoms with Crippen LogP contribution in [0.25, 0.3) is 0 Å². The van der Waals surface area contributed by atoms with E-state index in [0.29, 0.717) is 23.7 Å². The van der Waals surface area contributed by atoms with Gasteiger partial charge in [0, 0.05) is 18.2 Å². The molecule has 3 rings (SSSR count). The van der Waals surface area contributed by atoms with E-state index in [1.807, 2.05) is 0 Å². The summed E-state index contributed by atoms with van der Waals surface area (Å²) in [6.45, 7) is 3.13. The zero-order valence-electron chi connectivity index (χ0n) is 12.4. The fourth-order valence-electron chi connectivity index (χ4n) is 2.28. The Balaban J connectivity index is 1.54. The molecule has 1 atom stereocenters. The largest absolute Gasteiger partial charge is 0.491 e. The molecule has 1 aromatic carbocycles. The molecule has 1 aliphatic rings. The summed E-state index contributed by atoms with van der Waals surface area (Å²) in [7, 11) is 0. The number of hydrogen-bond acceptors (Lipinski definition) is 5. The lowest BCUT2D eigenvalue weighted by molar-refractivity contribution is 0.0679. The zero-order chi connectivity index (χ0) is 15.4. The summed E-state index contributed by atoms with van der Waals surface area (Å²) in [4.78, 5) is 12.0. The third-order valence-electron chi connectivity index (χ3n) is 3.45. The maximum absolute atomic E-state index is 12.0. The summed E-state index contributed by atoms with van der Waals surface area (Å²) in [6, 6.07) is 8.65. The van der Waals surface area contributed by atoms with Crippen molar-refractivity contribution in [2.45, 2.75) is 25.9 Å². The molecule has 116 valence electrons. The monoisotopic (exact) mass is 302 g/mol. The first-order chi connectivity index (χ1) is 10.7. The van der Waals surface area contributed by atoms with Crippen LogP contribution in [-0.2, 0) is 4.74 Å². The predicted molar refractivity (Wildman–Crippen MR) is 80.1 cm³/mol. The Labute approximate surface area is 128 Å². The molecule has 1 N–H and O–H groups in total. The quantitative estimate of drug-likeness (QED) is 0.919. The molecule has 1 fully saturated rings. The van der Waals surface area contributed by atoms with Crippen LogP contribution < -0.4 is 10.1 Å². The van der Waals surface area contributed by atoms with Crippen LogP contribution in [0.1, 0.15) is 29.0 Å². The third kappa shape index (κ3) is 3.65. The van der Waals surface area contributed by atoms with Gasteiger partial charge in [0.25, 0.3) is 5.91 Å². The molecular weight excluding hydrogens is 284 g/mol. The molecule has 1 amide bonds. The highest BCUT2D eigenvalue weighted by Crippen LogP contribution is 2.17. The second-order valence-corrected chi connectivity index (χ2v) is 5.25. The highest BCUT2D eigenvalue weighted by Gasteiger charge is 2.16. The molecule has 2 aromatic rings. The molecule has 1 unspecified atom stereocenters.